The molecule has 17 heavy (non-hydrogen) atoms. The summed E-state index contributed by atoms with van der Waals surface area (Å²) in [7, 11) is 1.68. The molecule has 0 aliphatic heterocycles. The number of hydrogen-bond acceptors (Lipinski definition) is 1. The van der Waals surface area contributed by atoms with Gasteiger partial charge >= 0.3 is 0 Å². The Morgan fingerprint density at radius 1 is 1.06 bits per heavy atom. The first-order valence-corrected chi connectivity index (χ1v) is 6.15. The van der Waals surface area contributed by atoms with Gasteiger partial charge in [0.1, 0.15) is 5.75 Å². The van der Waals surface area contributed by atoms with E-state index < -0.39 is 0 Å². The monoisotopic (exact) mass is 288 g/mol. The molecule has 0 saturated carbocycles. The number of rotatable bonds is 3. The highest BCUT2D eigenvalue weighted by molar-refractivity contribution is 9.15. The third-order valence-corrected chi connectivity index (χ3v) is 3.12. The normalized spacial score (nSPS) is 11.3. The number of ether oxygens (including phenoxy) is 1. The summed E-state index contributed by atoms with van der Waals surface area (Å²) >= 11 is 3.59. The summed E-state index contributed by atoms with van der Waals surface area (Å²) in [5, 5.41) is 0. The predicted molar refractivity (Wildman–Crippen MR) is 76.2 cm³/mol. The highest BCUT2D eigenvalue weighted by atomic mass is 79.9. The van der Waals surface area contributed by atoms with Crippen LogP contribution in [0, 0.1) is 0 Å². The molecule has 0 heterocycles. The van der Waals surface area contributed by atoms with Crippen molar-refractivity contribution in [2.75, 3.05) is 7.11 Å². The van der Waals surface area contributed by atoms with Crippen molar-refractivity contribution in [2.24, 2.45) is 0 Å². The molecule has 0 saturated heterocycles. The minimum absolute atomic E-state index is 0.868. The van der Waals surface area contributed by atoms with Crippen LogP contribution in [-0.4, -0.2) is 7.11 Å². The Morgan fingerprint density at radius 3 is 2.53 bits per heavy atom. The Bertz CT molecular complexity index is 517. The van der Waals surface area contributed by atoms with Crippen LogP contribution >= 0.6 is 15.9 Å². The Balaban J connectivity index is 2.29. The van der Waals surface area contributed by atoms with Crippen molar-refractivity contribution >= 4 is 26.5 Å². The second-order valence-corrected chi connectivity index (χ2v) is 4.49. The van der Waals surface area contributed by atoms with Crippen molar-refractivity contribution in [1.82, 2.24) is 0 Å². The molecule has 0 fully saturated rings. The fraction of sp³-hybridized carbons (Fsp3) is 0.0667. The number of methoxy groups -OCH3 is 1. The summed E-state index contributed by atoms with van der Waals surface area (Å²) in [5.74, 6) is 0.868. The molecule has 0 unspecified atom stereocenters. The standard InChI is InChI=1S/C15H13BrO/c1-17-14-9-5-6-12(10-14)11-15(16)13-7-3-2-4-8-13/h2-11H,1H3/b15-11-. The van der Waals surface area contributed by atoms with Crippen LogP contribution in [0.3, 0.4) is 0 Å². The molecule has 2 heteroatoms. The zero-order valence-electron chi connectivity index (χ0n) is 9.56. The van der Waals surface area contributed by atoms with Crippen LogP contribution in [0.4, 0.5) is 0 Å². The molecule has 0 atom stereocenters. The molecule has 0 radical (unpaired) electrons. The van der Waals surface area contributed by atoms with Gasteiger partial charge in [0.15, 0.2) is 0 Å². The molecule has 1 nitrogen and oxygen atoms in total. The van der Waals surface area contributed by atoms with E-state index in [2.05, 4.69) is 34.1 Å². The number of benzene rings is 2. The van der Waals surface area contributed by atoms with Gasteiger partial charge in [0, 0.05) is 4.48 Å². The van der Waals surface area contributed by atoms with Crippen LogP contribution in [0.1, 0.15) is 11.1 Å². The Hall–Kier alpha value is -1.54. The summed E-state index contributed by atoms with van der Waals surface area (Å²) in [6.45, 7) is 0. The third-order valence-electron chi connectivity index (χ3n) is 2.44. The van der Waals surface area contributed by atoms with Gasteiger partial charge in [-0.1, -0.05) is 58.4 Å². The SMILES string of the molecule is COc1cccc(/C=C(\Br)c2ccccc2)c1. The van der Waals surface area contributed by atoms with Crippen molar-refractivity contribution in [1.29, 1.82) is 0 Å². The van der Waals surface area contributed by atoms with E-state index in [0.29, 0.717) is 0 Å². The minimum Gasteiger partial charge on any atom is -0.497 e. The van der Waals surface area contributed by atoms with Gasteiger partial charge in [-0.15, -0.1) is 0 Å². The molecule has 0 aliphatic rings. The van der Waals surface area contributed by atoms with Crippen molar-refractivity contribution < 1.29 is 4.74 Å². The van der Waals surface area contributed by atoms with Crippen LogP contribution in [0.2, 0.25) is 0 Å². The lowest BCUT2D eigenvalue weighted by atomic mass is 10.1. The second-order valence-electron chi connectivity index (χ2n) is 3.63. The lowest BCUT2D eigenvalue weighted by Crippen LogP contribution is -1.83. The quantitative estimate of drug-likeness (QED) is 0.751. The summed E-state index contributed by atoms with van der Waals surface area (Å²) in [6.07, 6.45) is 2.08. The van der Waals surface area contributed by atoms with E-state index in [1.54, 1.807) is 7.11 Å². The maximum atomic E-state index is 5.20. The van der Waals surface area contributed by atoms with Crippen molar-refractivity contribution in [2.45, 2.75) is 0 Å². The highest BCUT2D eigenvalue weighted by Gasteiger charge is 1.98. The highest BCUT2D eigenvalue weighted by Crippen LogP contribution is 2.25. The molecule has 0 amide bonds. The van der Waals surface area contributed by atoms with E-state index in [0.717, 1.165) is 21.4 Å². The van der Waals surface area contributed by atoms with Crippen LogP contribution in [-0.2, 0) is 0 Å². The average molecular weight is 289 g/mol. The van der Waals surface area contributed by atoms with Gasteiger partial charge in [-0.25, -0.2) is 0 Å². The fourth-order valence-electron chi connectivity index (χ4n) is 1.56. The topological polar surface area (TPSA) is 9.23 Å². The van der Waals surface area contributed by atoms with Crippen LogP contribution in [0.25, 0.3) is 10.6 Å². The Labute approximate surface area is 110 Å². The van der Waals surface area contributed by atoms with Gasteiger partial charge in [0.2, 0.25) is 0 Å². The Kier molecular flexibility index (Phi) is 3.99. The largest absolute Gasteiger partial charge is 0.497 e. The molecule has 0 aromatic heterocycles. The van der Waals surface area contributed by atoms with Gasteiger partial charge in [-0.3, -0.25) is 0 Å². The van der Waals surface area contributed by atoms with Gasteiger partial charge in [0.05, 0.1) is 7.11 Å². The molecule has 86 valence electrons. The molecule has 0 bridgehead atoms. The molecule has 0 spiro atoms. The summed E-state index contributed by atoms with van der Waals surface area (Å²) in [4.78, 5) is 0. The van der Waals surface area contributed by atoms with Gasteiger partial charge < -0.3 is 4.74 Å². The molecular weight excluding hydrogens is 276 g/mol. The zero-order chi connectivity index (χ0) is 12.1. The van der Waals surface area contributed by atoms with Crippen molar-refractivity contribution in [3.05, 3.63) is 65.7 Å². The minimum atomic E-state index is 0.868. The lowest BCUT2D eigenvalue weighted by molar-refractivity contribution is 0.414. The molecule has 2 aromatic carbocycles. The third kappa shape index (κ3) is 3.21. The molecule has 2 rings (SSSR count). The maximum absolute atomic E-state index is 5.20. The maximum Gasteiger partial charge on any atom is 0.119 e. The second kappa shape index (κ2) is 5.69. The molecule has 0 N–H and O–H groups in total. The molecular formula is C15H13BrO. The number of halogens is 1. The predicted octanol–water partition coefficient (Wildman–Crippen LogP) is 4.59. The van der Waals surface area contributed by atoms with E-state index >= 15 is 0 Å². The van der Waals surface area contributed by atoms with E-state index in [1.807, 2.05) is 42.5 Å². The van der Waals surface area contributed by atoms with Crippen molar-refractivity contribution in [3.8, 4) is 5.75 Å². The van der Waals surface area contributed by atoms with E-state index in [1.165, 1.54) is 0 Å². The average Bonchev–Trinajstić information content (AvgIpc) is 2.40. The van der Waals surface area contributed by atoms with Crippen LogP contribution < -0.4 is 4.74 Å². The van der Waals surface area contributed by atoms with Gasteiger partial charge in [-0.2, -0.15) is 0 Å². The first kappa shape index (κ1) is 11.9. The zero-order valence-corrected chi connectivity index (χ0v) is 11.1. The van der Waals surface area contributed by atoms with Crippen LogP contribution in [0.5, 0.6) is 5.75 Å². The lowest BCUT2D eigenvalue weighted by Gasteiger charge is -2.02. The number of hydrogen-bond donors (Lipinski definition) is 0. The van der Waals surface area contributed by atoms with Gasteiger partial charge in [-0.05, 0) is 29.3 Å². The Morgan fingerprint density at radius 2 is 1.82 bits per heavy atom. The van der Waals surface area contributed by atoms with Gasteiger partial charge in [0.25, 0.3) is 0 Å². The molecule has 2 aromatic rings. The summed E-state index contributed by atoms with van der Waals surface area (Å²) in [6, 6.07) is 18.2. The first-order chi connectivity index (χ1) is 8.29. The summed E-state index contributed by atoms with van der Waals surface area (Å²) < 4.78 is 6.26. The smallest absolute Gasteiger partial charge is 0.119 e. The van der Waals surface area contributed by atoms with E-state index in [4.69, 9.17) is 4.74 Å². The molecule has 0 aliphatic carbocycles. The van der Waals surface area contributed by atoms with E-state index in [-0.39, 0.29) is 0 Å². The summed E-state index contributed by atoms with van der Waals surface area (Å²) in [5.41, 5.74) is 2.27. The van der Waals surface area contributed by atoms with Crippen LogP contribution in [0.15, 0.2) is 54.6 Å². The van der Waals surface area contributed by atoms with Crippen molar-refractivity contribution in [3.63, 3.8) is 0 Å². The first-order valence-electron chi connectivity index (χ1n) is 5.36. The van der Waals surface area contributed by atoms with E-state index in [9.17, 15) is 0 Å². The fourth-order valence-corrected chi connectivity index (χ4v) is 2.09.